The number of ketones is 1. The van der Waals surface area contributed by atoms with Gasteiger partial charge in [-0.25, -0.2) is 0 Å². The number of nitrogens with zero attached hydrogens (tertiary/aromatic N) is 1. The predicted molar refractivity (Wildman–Crippen MR) is 114 cm³/mol. The number of carbonyl (C=O) groups is 2. The maximum Gasteiger partial charge on any atom is 0.307 e. The summed E-state index contributed by atoms with van der Waals surface area (Å²) in [6.45, 7) is 2.62. The van der Waals surface area contributed by atoms with E-state index in [0.717, 1.165) is 53.0 Å². The Kier molecular flexibility index (Phi) is 9.24. The SMILES string of the molecule is CCCc1cc(C(=O)C=NO)ccc1OCCCSc1ccc(CC(=O)O)cc1. The molecule has 0 aliphatic heterocycles. The fourth-order valence-electron chi connectivity index (χ4n) is 2.77. The van der Waals surface area contributed by atoms with Crippen molar-refractivity contribution in [1.82, 2.24) is 0 Å². The van der Waals surface area contributed by atoms with Gasteiger partial charge in [0.25, 0.3) is 0 Å². The first kappa shape index (κ1) is 22.5. The number of benzene rings is 2. The lowest BCUT2D eigenvalue weighted by Crippen LogP contribution is -2.05. The van der Waals surface area contributed by atoms with Gasteiger partial charge in [-0.1, -0.05) is 30.6 Å². The van der Waals surface area contributed by atoms with E-state index in [1.165, 1.54) is 0 Å². The van der Waals surface area contributed by atoms with Crippen molar-refractivity contribution < 1.29 is 24.6 Å². The Morgan fingerprint density at radius 1 is 1.17 bits per heavy atom. The molecular formula is C22H25NO5S. The van der Waals surface area contributed by atoms with Crippen LogP contribution in [0.15, 0.2) is 52.5 Å². The summed E-state index contributed by atoms with van der Waals surface area (Å²) in [5.41, 5.74) is 2.23. The van der Waals surface area contributed by atoms with Crippen LogP contribution in [0.3, 0.4) is 0 Å². The van der Waals surface area contributed by atoms with Crippen molar-refractivity contribution in [1.29, 1.82) is 0 Å². The van der Waals surface area contributed by atoms with Gasteiger partial charge < -0.3 is 15.1 Å². The summed E-state index contributed by atoms with van der Waals surface area (Å²) >= 11 is 1.70. The van der Waals surface area contributed by atoms with Crippen LogP contribution in [0.25, 0.3) is 0 Å². The third-order valence-electron chi connectivity index (χ3n) is 4.13. The van der Waals surface area contributed by atoms with Gasteiger partial charge in [-0.3, -0.25) is 9.59 Å². The van der Waals surface area contributed by atoms with Gasteiger partial charge in [0.2, 0.25) is 5.78 Å². The Morgan fingerprint density at radius 2 is 1.93 bits per heavy atom. The van der Waals surface area contributed by atoms with E-state index < -0.39 is 5.97 Å². The van der Waals surface area contributed by atoms with Gasteiger partial charge in [-0.05, 0) is 54.3 Å². The van der Waals surface area contributed by atoms with E-state index in [9.17, 15) is 9.59 Å². The van der Waals surface area contributed by atoms with Gasteiger partial charge >= 0.3 is 5.97 Å². The number of oxime groups is 1. The number of hydrogen-bond acceptors (Lipinski definition) is 6. The molecule has 0 unspecified atom stereocenters. The molecule has 0 bridgehead atoms. The molecule has 0 spiro atoms. The van der Waals surface area contributed by atoms with Crippen molar-refractivity contribution in [3.63, 3.8) is 0 Å². The van der Waals surface area contributed by atoms with Crippen LogP contribution in [0.4, 0.5) is 0 Å². The highest BCUT2D eigenvalue weighted by atomic mass is 32.2. The van der Waals surface area contributed by atoms with Gasteiger partial charge in [0.15, 0.2) is 0 Å². The Hall–Kier alpha value is -2.80. The molecule has 0 heterocycles. The highest BCUT2D eigenvalue weighted by Gasteiger charge is 2.09. The Bertz CT molecular complexity index is 849. The van der Waals surface area contributed by atoms with E-state index in [1.54, 1.807) is 30.0 Å². The van der Waals surface area contributed by atoms with Crippen molar-refractivity contribution in [2.45, 2.75) is 37.5 Å². The van der Waals surface area contributed by atoms with Gasteiger partial charge in [0.05, 0.1) is 13.0 Å². The highest BCUT2D eigenvalue weighted by Crippen LogP contribution is 2.23. The van der Waals surface area contributed by atoms with Crippen molar-refractivity contribution in [3.8, 4) is 5.75 Å². The maximum absolute atomic E-state index is 11.8. The maximum atomic E-state index is 11.8. The molecule has 0 aliphatic carbocycles. The van der Waals surface area contributed by atoms with E-state index in [0.29, 0.717) is 12.2 Å². The summed E-state index contributed by atoms with van der Waals surface area (Å²) in [5.74, 6) is 0.476. The lowest BCUT2D eigenvalue weighted by atomic mass is 10.0. The van der Waals surface area contributed by atoms with Crippen LogP contribution in [0.2, 0.25) is 0 Å². The number of carboxylic acids is 1. The van der Waals surface area contributed by atoms with E-state index >= 15 is 0 Å². The molecule has 0 saturated heterocycles. The Balaban J connectivity index is 1.83. The van der Waals surface area contributed by atoms with Gasteiger partial charge in [-0.15, -0.1) is 11.8 Å². The molecule has 2 aromatic rings. The van der Waals surface area contributed by atoms with Gasteiger partial charge in [0, 0.05) is 16.2 Å². The van der Waals surface area contributed by atoms with Crippen molar-refractivity contribution in [2.75, 3.05) is 12.4 Å². The topological polar surface area (TPSA) is 96.2 Å². The zero-order valence-corrected chi connectivity index (χ0v) is 17.2. The van der Waals surface area contributed by atoms with Crippen molar-refractivity contribution >= 4 is 29.7 Å². The molecule has 154 valence electrons. The minimum Gasteiger partial charge on any atom is -0.493 e. The van der Waals surface area contributed by atoms with Crippen LogP contribution in [0, 0.1) is 0 Å². The Labute approximate surface area is 174 Å². The molecule has 0 amide bonds. The van der Waals surface area contributed by atoms with Gasteiger partial charge in [-0.2, -0.15) is 0 Å². The third-order valence-corrected chi connectivity index (χ3v) is 5.23. The minimum absolute atomic E-state index is 0.0378. The van der Waals surface area contributed by atoms with E-state index in [4.69, 9.17) is 15.1 Å². The van der Waals surface area contributed by atoms with Crippen LogP contribution >= 0.6 is 11.8 Å². The molecule has 6 nitrogen and oxygen atoms in total. The predicted octanol–water partition coefficient (Wildman–Crippen LogP) is 4.47. The summed E-state index contributed by atoms with van der Waals surface area (Å²) in [7, 11) is 0. The van der Waals surface area contributed by atoms with Crippen molar-refractivity contribution in [2.24, 2.45) is 5.16 Å². The third kappa shape index (κ3) is 7.62. The van der Waals surface area contributed by atoms with E-state index in [-0.39, 0.29) is 12.2 Å². The molecule has 0 aliphatic rings. The standard InChI is InChI=1S/C22H25NO5S/c1-2-4-18-14-17(20(24)15-23-27)7-10-21(18)28-11-3-12-29-19-8-5-16(6-9-19)13-22(25)26/h5-10,14-15,27H,2-4,11-13H2,1H3,(H,25,26). The molecule has 2 rings (SSSR count). The summed E-state index contributed by atoms with van der Waals surface area (Å²) in [4.78, 5) is 23.6. The molecule has 7 heteroatoms. The van der Waals surface area contributed by atoms with Crippen LogP contribution in [-0.2, 0) is 17.6 Å². The first-order valence-electron chi connectivity index (χ1n) is 9.44. The normalized spacial score (nSPS) is 10.9. The van der Waals surface area contributed by atoms with Crippen LogP contribution in [0.1, 0.15) is 41.3 Å². The summed E-state index contributed by atoms with van der Waals surface area (Å²) in [6, 6.07) is 12.8. The largest absolute Gasteiger partial charge is 0.493 e. The monoisotopic (exact) mass is 415 g/mol. The van der Waals surface area contributed by atoms with Crippen LogP contribution in [-0.4, -0.2) is 40.6 Å². The van der Waals surface area contributed by atoms with E-state index in [2.05, 4.69) is 12.1 Å². The molecule has 0 aromatic heterocycles. The molecule has 0 radical (unpaired) electrons. The average Bonchev–Trinajstić information content (AvgIpc) is 2.70. The zero-order valence-electron chi connectivity index (χ0n) is 16.3. The number of carbonyl (C=O) groups excluding carboxylic acids is 1. The molecule has 2 N–H and O–H groups in total. The van der Waals surface area contributed by atoms with Crippen LogP contribution in [0.5, 0.6) is 5.75 Å². The van der Waals surface area contributed by atoms with E-state index in [1.807, 2.05) is 24.3 Å². The second kappa shape index (κ2) is 11.9. The first-order valence-corrected chi connectivity index (χ1v) is 10.4. The summed E-state index contributed by atoms with van der Waals surface area (Å²) in [6.07, 6.45) is 3.50. The smallest absolute Gasteiger partial charge is 0.307 e. The summed E-state index contributed by atoms with van der Waals surface area (Å²) < 4.78 is 5.91. The number of aryl methyl sites for hydroxylation is 1. The molecule has 2 aromatic carbocycles. The second-order valence-electron chi connectivity index (χ2n) is 6.45. The number of ether oxygens (including phenoxy) is 1. The minimum atomic E-state index is -0.830. The molecular weight excluding hydrogens is 390 g/mol. The number of carboxylic acid groups (broad SMARTS) is 1. The molecule has 0 fully saturated rings. The van der Waals surface area contributed by atoms with Gasteiger partial charge in [0.1, 0.15) is 12.0 Å². The lowest BCUT2D eigenvalue weighted by Gasteiger charge is -2.12. The quantitative estimate of drug-likeness (QED) is 0.133. The fraction of sp³-hybridized carbons (Fsp3) is 0.318. The summed E-state index contributed by atoms with van der Waals surface area (Å²) in [5, 5.41) is 20.1. The second-order valence-corrected chi connectivity index (χ2v) is 7.61. The highest BCUT2D eigenvalue weighted by molar-refractivity contribution is 7.99. The number of thioether (sulfide) groups is 1. The number of Topliss-reactive ketones (excluding diaryl/α,β-unsaturated/α-hetero) is 1. The van der Waals surface area contributed by atoms with Crippen molar-refractivity contribution in [3.05, 3.63) is 59.2 Å². The first-order chi connectivity index (χ1) is 14.0. The molecule has 0 atom stereocenters. The van der Waals surface area contributed by atoms with Crippen LogP contribution < -0.4 is 4.74 Å². The number of rotatable bonds is 12. The number of hydrogen-bond donors (Lipinski definition) is 2. The average molecular weight is 416 g/mol. The Morgan fingerprint density at radius 3 is 2.59 bits per heavy atom. The number of aliphatic carboxylic acids is 1. The lowest BCUT2D eigenvalue weighted by molar-refractivity contribution is -0.136. The fourth-order valence-corrected chi connectivity index (χ4v) is 3.60. The molecule has 29 heavy (non-hydrogen) atoms. The zero-order chi connectivity index (χ0) is 21.1. The molecule has 0 saturated carbocycles.